The van der Waals surface area contributed by atoms with Crippen LogP contribution in [0.4, 0.5) is 9.59 Å². The Hall–Kier alpha value is -2.77. The van der Waals surface area contributed by atoms with E-state index in [2.05, 4.69) is 0 Å². The molecule has 31 heavy (non-hydrogen) atoms. The van der Waals surface area contributed by atoms with Gasteiger partial charge in [-0.1, -0.05) is 30.3 Å². The molecule has 8 nitrogen and oxygen atoms in total. The van der Waals surface area contributed by atoms with Crippen LogP contribution < -0.4 is 0 Å². The summed E-state index contributed by atoms with van der Waals surface area (Å²) in [6, 6.07) is 8.45. The van der Waals surface area contributed by atoms with Gasteiger partial charge in [-0.3, -0.25) is 4.90 Å². The highest BCUT2D eigenvalue weighted by Gasteiger charge is 2.51. The van der Waals surface area contributed by atoms with Crippen LogP contribution in [0.5, 0.6) is 0 Å². The molecule has 170 valence electrons. The van der Waals surface area contributed by atoms with E-state index in [1.165, 1.54) is 4.90 Å². The van der Waals surface area contributed by atoms with Gasteiger partial charge in [-0.25, -0.2) is 14.4 Å². The fraction of sp³-hybridized carbons (Fsp3) is 0.609. The normalized spacial score (nSPS) is 23.2. The summed E-state index contributed by atoms with van der Waals surface area (Å²) in [5, 5.41) is 0. The zero-order valence-corrected chi connectivity index (χ0v) is 18.7. The summed E-state index contributed by atoms with van der Waals surface area (Å²) in [4.78, 5) is 41.3. The second-order valence-electron chi connectivity index (χ2n) is 8.99. The summed E-state index contributed by atoms with van der Waals surface area (Å²) in [6.45, 7) is 8.34. The van der Waals surface area contributed by atoms with Crippen molar-refractivity contribution >= 4 is 18.2 Å². The smallest absolute Gasteiger partial charge is 0.411 e. The molecule has 3 atom stereocenters. The summed E-state index contributed by atoms with van der Waals surface area (Å²) in [6.07, 6.45) is 0.208. The van der Waals surface area contributed by atoms with E-state index in [0.29, 0.717) is 25.9 Å². The number of rotatable bonds is 4. The van der Waals surface area contributed by atoms with E-state index in [9.17, 15) is 14.4 Å². The number of carbonyl (C=O) groups is 3. The van der Waals surface area contributed by atoms with Gasteiger partial charge in [0.15, 0.2) is 0 Å². The van der Waals surface area contributed by atoms with Crippen LogP contribution in [0.2, 0.25) is 0 Å². The van der Waals surface area contributed by atoms with Crippen LogP contribution in [0.15, 0.2) is 30.3 Å². The quantitative estimate of drug-likeness (QED) is 0.534. The Morgan fingerprint density at radius 1 is 1.06 bits per heavy atom. The molecule has 8 heteroatoms. The highest BCUT2D eigenvalue weighted by Crippen LogP contribution is 2.37. The molecule has 0 spiro atoms. The number of ether oxygens (including phenoxy) is 3. The minimum Gasteiger partial charge on any atom is -0.464 e. The van der Waals surface area contributed by atoms with E-state index in [4.69, 9.17) is 14.2 Å². The van der Waals surface area contributed by atoms with Gasteiger partial charge in [-0.05, 0) is 52.0 Å². The fourth-order valence-corrected chi connectivity index (χ4v) is 4.20. The Labute approximate surface area is 183 Å². The first-order chi connectivity index (χ1) is 14.7. The van der Waals surface area contributed by atoms with Gasteiger partial charge in [0.05, 0.1) is 12.6 Å². The molecule has 0 bridgehead atoms. The number of benzene rings is 1. The Morgan fingerprint density at radius 2 is 1.77 bits per heavy atom. The molecule has 2 aliphatic rings. The topological polar surface area (TPSA) is 85.4 Å². The van der Waals surface area contributed by atoms with Gasteiger partial charge in [0.2, 0.25) is 0 Å². The fourth-order valence-electron chi connectivity index (χ4n) is 4.20. The number of likely N-dealkylation sites (tertiary alicyclic amines) is 2. The van der Waals surface area contributed by atoms with Crippen molar-refractivity contribution < 1.29 is 28.6 Å². The lowest BCUT2D eigenvalue weighted by molar-refractivity contribution is -0.148. The maximum absolute atomic E-state index is 13.0. The molecule has 1 aromatic carbocycles. The summed E-state index contributed by atoms with van der Waals surface area (Å²) in [5.41, 5.74) is 0.210. The Bertz CT molecular complexity index is 791. The number of fused-ring (bicyclic) bond motifs is 1. The largest absolute Gasteiger partial charge is 0.464 e. The third-order valence-corrected chi connectivity index (χ3v) is 5.57. The first-order valence-corrected chi connectivity index (χ1v) is 10.8. The van der Waals surface area contributed by atoms with Gasteiger partial charge in [0.25, 0.3) is 0 Å². The van der Waals surface area contributed by atoms with Crippen molar-refractivity contribution in [3.05, 3.63) is 35.9 Å². The van der Waals surface area contributed by atoms with E-state index in [1.54, 1.807) is 32.6 Å². The van der Waals surface area contributed by atoms with E-state index in [0.717, 1.165) is 5.56 Å². The average molecular weight is 433 g/mol. The molecule has 2 aliphatic heterocycles. The SMILES string of the molecule is CCOC(=O)[C@@H]1C[C@@H]2CCN(C(=O)OCc3ccccc3)C[C@@H]2N1C(=O)OC(C)(C)C. The predicted molar refractivity (Wildman–Crippen MR) is 113 cm³/mol. The zero-order valence-electron chi connectivity index (χ0n) is 18.7. The number of nitrogens with zero attached hydrogens (tertiary/aromatic N) is 2. The minimum atomic E-state index is -0.704. The van der Waals surface area contributed by atoms with Crippen LogP contribution in [0.3, 0.4) is 0 Å². The minimum absolute atomic E-state index is 0.0973. The highest BCUT2D eigenvalue weighted by atomic mass is 16.6. The molecule has 2 heterocycles. The van der Waals surface area contributed by atoms with E-state index in [1.807, 2.05) is 30.3 Å². The molecule has 0 unspecified atom stereocenters. The molecular formula is C23H32N2O6. The molecule has 3 rings (SSSR count). The van der Waals surface area contributed by atoms with Crippen molar-refractivity contribution in [3.8, 4) is 0 Å². The van der Waals surface area contributed by atoms with E-state index in [-0.39, 0.29) is 25.2 Å². The van der Waals surface area contributed by atoms with Gasteiger partial charge >= 0.3 is 18.2 Å². The summed E-state index contributed by atoms with van der Waals surface area (Å²) < 4.78 is 16.3. The maximum atomic E-state index is 13.0. The molecule has 2 fully saturated rings. The molecule has 0 radical (unpaired) electrons. The van der Waals surface area contributed by atoms with E-state index < -0.39 is 29.8 Å². The second kappa shape index (κ2) is 9.58. The number of hydrogen-bond donors (Lipinski definition) is 0. The lowest BCUT2D eigenvalue weighted by Gasteiger charge is -2.38. The standard InChI is InChI=1S/C23H32N2O6/c1-5-29-20(26)18-13-17-11-12-24(21(27)30-15-16-9-7-6-8-10-16)14-19(17)25(18)22(28)31-23(2,3)4/h6-10,17-19H,5,11-15H2,1-4H3/t17-,18-,19-/m0/s1. The van der Waals surface area contributed by atoms with Crippen molar-refractivity contribution in [2.24, 2.45) is 5.92 Å². The van der Waals surface area contributed by atoms with Gasteiger partial charge in [-0.15, -0.1) is 0 Å². The first kappa shape index (κ1) is 22.9. The van der Waals surface area contributed by atoms with Gasteiger partial charge in [0.1, 0.15) is 18.2 Å². The Balaban J connectivity index is 1.71. The highest BCUT2D eigenvalue weighted by molar-refractivity contribution is 5.83. The number of esters is 1. The molecule has 1 aromatic rings. The summed E-state index contributed by atoms with van der Waals surface area (Å²) in [5.74, 6) is -0.332. The molecule has 2 saturated heterocycles. The van der Waals surface area contributed by atoms with Crippen molar-refractivity contribution in [1.29, 1.82) is 0 Å². The third-order valence-electron chi connectivity index (χ3n) is 5.57. The first-order valence-electron chi connectivity index (χ1n) is 10.8. The monoisotopic (exact) mass is 432 g/mol. The maximum Gasteiger partial charge on any atom is 0.411 e. The van der Waals surface area contributed by atoms with Gasteiger partial charge < -0.3 is 19.1 Å². The third kappa shape index (κ3) is 5.68. The Kier molecular flexibility index (Phi) is 7.08. The molecule has 0 saturated carbocycles. The lowest BCUT2D eigenvalue weighted by atomic mass is 9.91. The van der Waals surface area contributed by atoms with Crippen LogP contribution in [0.1, 0.15) is 46.1 Å². The molecule has 0 aromatic heterocycles. The molecular weight excluding hydrogens is 400 g/mol. The predicted octanol–water partition coefficient (Wildman–Crippen LogP) is 3.59. The molecule has 0 N–H and O–H groups in total. The second-order valence-corrected chi connectivity index (χ2v) is 8.99. The number of hydrogen-bond acceptors (Lipinski definition) is 6. The number of piperidine rings is 1. The van der Waals surface area contributed by atoms with Gasteiger partial charge in [-0.2, -0.15) is 0 Å². The van der Waals surface area contributed by atoms with Crippen LogP contribution >= 0.6 is 0 Å². The van der Waals surface area contributed by atoms with Crippen molar-refractivity contribution in [3.63, 3.8) is 0 Å². The lowest BCUT2D eigenvalue weighted by Crippen LogP contribution is -2.55. The molecule has 0 aliphatic carbocycles. The van der Waals surface area contributed by atoms with Gasteiger partial charge in [0, 0.05) is 13.1 Å². The van der Waals surface area contributed by atoms with Crippen LogP contribution in [0, 0.1) is 5.92 Å². The number of amides is 2. The van der Waals surface area contributed by atoms with Crippen LogP contribution in [-0.4, -0.2) is 65.3 Å². The van der Waals surface area contributed by atoms with E-state index >= 15 is 0 Å². The van der Waals surface area contributed by atoms with Crippen molar-refractivity contribution in [2.75, 3.05) is 19.7 Å². The van der Waals surface area contributed by atoms with Crippen LogP contribution in [-0.2, 0) is 25.6 Å². The zero-order chi connectivity index (χ0) is 22.6. The van der Waals surface area contributed by atoms with Crippen molar-refractivity contribution in [2.45, 2.75) is 64.8 Å². The van der Waals surface area contributed by atoms with Crippen LogP contribution in [0.25, 0.3) is 0 Å². The number of carbonyl (C=O) groups excluding carboxylic acids is 3. The average Bonchev–Trinajstić information content (AvgIpc) is 3.10. The Morgan fingerprint density at radius 3 is 2.42 bits per heavy atom. The molecule has 2 amide bonds. The summed E-state index contributed by atoms with van der Waals surface area (Å²) in [7, 11) is 0. The summed E-state index contributed by atoms with van der Waals surface area (Å²) >= 11 is 0. The van der Waals surface area contributed by atoms with Crippen molar-refractivity contribution in [1.82, 2.24) is 9.80 Å².